The molecule has 0 bridgehead atoms. The van der Waals surface area contributed by atoms with Crippen molar-refractivity contribution in [3.63, 3.8) is 0 Å². The van der Waals surface area contributed by atoms with Crippen molar-refractivity contribution in [2.75, 3.05) is 20.3 Å². The number of methoxy groups -OCH3 is 1. The lowest BCUT2D eigenvalue weighted by Gasteiger charge is -2.11. The first-order valence-corrected chi connectivity index (χ1v) is 9.63. The smallest absolute Gasteiger partial charge is 0.363 e. The number of rotatable bonds is 8. The van der Waals surface area contributed by atoms with Crippen LogP contribution >= 0.6 is 11.6 Å². The van der Waals surface area contributed by atoms with E-state index in [4.69, 9.17) is 25.8 Å². The highest BCUT2D eigenvalue weighted by molar-refractivity contribution is 6.32. The average Bonchev–Trinajstić information content (AvgIpc) is 3.13. The number of carbonyl (C=O) groups excluding carboxylic acids is 2. The predicted octanol–water partition coefficient (Wildman–Crippen LogP) is 3.54. The number of hydrogen-bond acceptors (Lipinski definition) is 9. The van der Waals surface area contributed by atoms with Gasteiger partial charge in [-0.05, 0) is 42.8 Å². The van der Waals surface area contributed by atoms with E-state index in [1.54, 1.807) is 25.1 Å². The Hall–Kier alpha value is -3.92. The molecule has 0 aromatic heterocycles. The van der Waals surface area contributed by atoms with Crippen LogP contribution in [0.2, 0.25) is 5.02 Å². The van der Waals surface area contributed by atoms with Crippen LogP contribution in [0.3, 0.4) is 0 Å². The molecule has 0 unspecified atom stereocenters. The van der Waals surface area contributed by atoms with Gasteiger partial charge in [0.25, 0.3) is 5.69 Å². The number of nitrogens with zero attached hydrogens (tertiary/aromatic N) is 2. The lowest BCUT2D eigenvalue weighted by atomic mass is 10.1. The fourth-order valence-corrected chi connectivity index (χ4v) is 2.86. The Balaban J connectivity index is 1.89. The number of nitro groups is 1. The zero-order valence-corrected chi connectivity index (χ0v) is 17.7. The monoisotopic (exact) mass is 460 g/mol. The first-order valence-electron chi connectivity index (χ1n) is 9.25. The van der Waals surface area contributed by atoms with Crippen molar-refractivity contribution in [2.24, 2.45) is 4.99 Å². The molecule has 0 saturated carbocycles. The molecule has 32 heavy (non-hydrogen) atoms. The second kappa shape index (κ2) is 9.92. The Bertz CT molecular complexity index is 1140. The maximum absolute atomic E-state index is 12.3. The predicted molar refractivity (Wildman–Crippen MR) is 114 cm³/mol. The molecule has 0 amide bonds. The minimum Gasteiger partial charge on any atom is -0.490 e. The van der Waals surface area contributed by atoms with Crippen molar-refractivity contribution in [1.29, 1.82) is 0 Å². The normalized spacial score (nSPS) is 14.0. The molecule has 3 rings (SSSR count). The van der Waals surface area contributed by atoms with Gasteiger partial charge < -0.3 is 18.9 Å². The summed E-state index contributed by atoms with van der Waals surface area (Å²) >= 11 is 5.82. The molecule has 0 N–H and O–H groups in total. The third-order valence-corrected chi connectivity index (χ3v) is 4.47. The van der Waals surface area contributed by atoms with Gasteiger partial charge in [0.1, 0.15) is 5.02 Å². The molecule has 11 heteroatoms. The number of carbonyl (C=O) groups is 2. The standard InChI is InChI=1S/C21H17ClN2O8/c1-3-30-18-9-12(4-7-17(18)31-11-19(25)29-2)8-15-21(26)32-20(23-15)13-5-6-14(22)16(10-13)24(27)28/h4-10H,3,11H2,1-2H3/b15-8-. The van der Waals surface area contributed by atoms with Crippen molar-refractivity contribution in [2.45, 2.75) is 6.92 Å². The first-order chi connectivity index (χ1) is 15.3. The van der Waals surface area contributed by atoms with Crippen molar-refractivity contribution in [3.05, 3.63) is 68.4 Å². The summed E-state index contributed by atoms with van der Waals surface area (Å²) in [7, 11) is 1.25. The summed E-state index contributed by atoms with van der Waals surface area (Å²) < 4.78 is 20.6. The third-order valence-electron chi connectivity index (χ3n) is 4.15. The van der Waals surface area contributed by atoms with E-state index in [1.165, 1.54) is 31.4 Å². The number of hydrogen-bond donors (Lipinski definition) is 0. The van der Waals surface area contributed by atoms with Gasteiger partial charge in [-0.25, -0.2) is 14.6 Å². The third kappa shape index (κ3) is 5.22. The molecule has 1 heterocycles. The highest BCUT2D eigenvalue weighted by Crippen LogP contribution is 2.31. The van der Waals surface area contributed by atoms with Crippen LogP contribution in [0.5, 0.6) is 11.5 Å². The first kappa shape index (κ1) is 22.8. The molecule has 1 aliphatic rings. The lowest BCUT2D eigenvalue weighted by Crippen LogP contribution is -2.13. The quantitative estimate of drug-likeness (QED) is 0.253. The van der Waals surface area contributed by atoms with Crippen LogP contribution in [0.1, 0.15) is 18.1 Å². The van der Waals surface area contributed by atoms with Gasteiger partial charge in [-0.15, -0.1) is 0 Å². The summed E-state index contributed by atoms with van der Waals surface area (Å²) in [5.41, 5.74) is 0.449. The molecular formula is C21H17ClN2O8. The van der Waals surface area contributed by atoms with Crippen molar-refractivity contribution in [3.8, 4) is 11.5 Å². The van der Waals surface area contributed by atoms with Gasteiger partial charge in [-0.2, -0.15) is 0 Å². The second-order valence-electron chi connectivity index (χ2n) is 6.26. The van der Waals surface area contributed by atoms with Gasteiger partial charge in [0, 0.05) is 11.6 Å². The van der Waals surface area contributed by atoms with Gasteiger partial charge in [-0.3, -0.25) is 10.1 Å². The maximum atomic E-state index is 12.3. The van der Waals surface area contributed by atoms with Crippen LogP contribution in [0, 0.1) is 10.1 Å². The van der Waals surface area contributed by atoms with E-state index < -0.39 is 16.9 Å². The molecule has 0 radical (unpaired) electrons. The highest BCUT2D eigenvalue weighted by Gasteiger charge is 2.26. The summed E-state index contributed by atoms with van der Waals surface area (Å²) in [5, 5.41) is 11.0. The number of cyclic esters (lactones) is 1. The van der Waals surface area contributed by atoms with Gasteiger partial charge in [0.05, 0.1) is 18.6 Å². The SMILES string of the molecule is CCOc1cc(/C=C2\N=C(c3ccc(Cl)c([N+](=O)[O-])c3)OC2=O)ccc1OCC(=O)OC. The van der Waals surface area contributed by atoms with Crippen LogP contribution < -0.4 is 9.47 Å². The Morgan fingerprint density at radius 1 is 1.22 bits per heavy atom. The van der Waals surface area contributed by atoms with E-state index in [0.29, 0.717) is 23.7 Å². The maximum Gasteiger partial charge on any atom is 0.363 e. The molecule has 0 spiro atoms. The number of aliphatic imine (C=N–C) groups is 1. The van der Waals surface area contributed by atoms with Crippen LogP contribution in [0.4, 0.5) is 5.69 Å². The molecule has 0 atom stereocenters. The van der Waals surface area contributed by atoms with Gasteiger partial charge >= 0.3 is 11.9 Å². The van der Waals surface area contributed by atoms with E-state index in [1.807, 2.05) is 0 Å². The summed E-state index contributed by atoms with van der Waals surface area (Å²) in [5.74, 6) is -0.664. The molecule has 0 saturated heterocycles. The number of benzene rings is 2. The zero-order chi connectivity index (χ0) is 23.3. The number of nitro benzene ring substituents is 1. The fourth-order valence-electron chi connectivity index (χ4n) is 2.67. The minimum atomic E-state index is -0.721. The van der Waals surface area contributed by atoms with Crippen LogP contribution in [0.15, 0.2) is 47.1 Å². The average molecular weight is 461 g/mol. The van der Waals surface area contributed by atoms with E-state index in [9.17, 15) is 19.7 Å². The van der Waals surface area contributed by atoms with E-state index >= 15 is 0 Å². The Kier molecular flexibility index (Phi) is 7.06. The van der Waals surface area contributed by atoms with Gasteiger partial charge in [0.15, 0.2) is 23.8 Å². The van der Waals surface area contributed by atoms with Crippen molar-refractivity contribution >= 4 is 41.2 Å². The summed E-state index contributed by atoms with van der Waals surface area (Å²) in [4.78, 5) is 38.2. The van der Waals surface area contributed by atoms with E-state index in [-0.39, 0.29) is 34.5 Å². The van der Waals surface area contributed by atoms with Crippen LogP contribution in [0.25, 0.3) is 6.08 Å². The van der Waals surface area contributed by atoms with E-state index in [0.717, 1.165) is 0 Å². The molecule has 0 aliphatic carbocycles. The lowest BCUT2D eigenvalue weighted by molar-refractivity contribution is -0.384. The molecule has 0 fully saturated rings. The van der Waals surface area contributed by atoms with Gasteiger partial charge in [0.2, 0.25) is 5.90 Å². The number of esters is 2. The van der Waals surface area contributed by atoms with Crippen LogP contribution in [-0.2, 0) is 19.1 Å². The molecule has 2 aromatic rings. The summed E-state index contributed by atoms with van der Waals surface area (Å²) in [6.07, 6.45) is 1.46. The molecular weight excluding hydrogens is 444 g/mol. The summed E-state index contributed by atoms with van der Waals surface area (Å²) in [6, 6.07) is 8.79. The number of halogens is 1. The van der Waals surface area contributed by atoms with E-state index in [2.05, 4.69) is 9.73 Å². The molecule has 2 aromatic carbocycles. The second-order valence-corrected chi connectivity index (χ2v) is 6.67. The topological polar surface area (TPSA) is 127 Å². The zero-order valence-electron chi connectivity index (χ0n) is 17.0. The van der Waals surface area contributed by atoms with Crippen molar-refractivity contribution in [1.82, 2.24) is 0 Å². The minimum absolute atomic E-state index is 0.0109. The number of ether oxygens (including phenoxy) is 4. The molecule has 166 valence electrons. The molecule has 10 nitrogen and oxygen atoms in total. The van der Waals surface area contributed by atoms with Crippen molar-refractivity contribution < 1.29 is 33.5 Å². The Morgan fingerprint density at radius 3 is 2.69 bits per heavy atom. The Labute approximate surface area is 187 Å². The summed E-state index contributed by atoms with van der Waals surface area (Å²) in [6.45, 7) is 1.84. The fraction of sp³-hybridized carbons (Fsp3) is 0.190. The largest absolute Gasteiger partial charge is 0.490 e. The highest BCUT2D eigenvalue weighted by atomic mass is 35.5. The van der Waals surface area contributed by atoms with Gasteiger partial charge in [-0.1, -0.05) is 17.7 Å². The van der Waals surface area contributed by atoms with Crippen LogP contribution in [-0.4, -0.2) is 43.1 Å². The Morgan fingerprint density at radius 2 is 2.00 bits per heavy atom. The molecule has 1 aliphatic heterocycles.